The third-order valence-electron chi connectivity index (χ3n) is 4.05. The first-order chi connectivity index (χ1) is 13.6. The molecule has 1 aliphatic rings. The summed E-state index contributed by atoms with van der Waals surface area (Å²) in [5.41, 5.74) is 5.65. The number of phenolic OH excluding ortho intramolecular Hbond substituents is 1. The van der Waals surface area contributed by atoms with Crippen LogP contribution in [-0.4, -0.2) is 31.4 Å². The molecule has 11 heteroatoms. The number of ether oxygens (including phenoxy) is 1. The lowest BCUT2D eigenvalue weighted by atomic mass is 10.2. The lowest BCUT2D eigenvalue weighted by Gasteiger charge is -2.14. The molecule has 2 amide bonds. The normalized spacial score (nSPS) is 13.7. The first-order valence-corrected chi connectivity index (χ1v) is 10.4. The summed E-state index contributed by atoms with van der Waals surface area (Å²) in [5, 5.41) is 12.4. The van der Waals surface area contributed by atoms with Gasteiger partial charge in [-0.15, -0.1) is 0 Å². The fraction of sp³-hybridized carbons (Fsp3) is 0.222. The highest BCUT2D eigenvalue weighted by Crippen LogP contribution is 2.37. The summed E-state index contributed by atoms with van der Waals surface area (Å²) < 4.78 is 33.0. The predicted octanol–water partition coefficient (Wildman–Crippen LogP) is 2.01. The van der Waals surface area contributed by atoms with Gasteiger partial charge in [0.2, 0.25) is 10.0 Å². The maximum absolute atomic E-state index is 12.4. The van der Waals surface area contributed by atoms with Gasteiger partial charge in [-0.25, -0.2) is 13.1 Å². The van der Waals surface area contributed by atoms with Crippen molar-refractivity contribution < 1.29 is 27.9 Å². The second-order valence-corrected chi connectivity index (χ2v) is 8.64. The maximum atomic E-state index is 12.4. The molecule has 5 N–H and O–H groups in total. The molecule has 1 fully saturated rings. The van der Waals surface area contributed by atoms with E-state index in [1.165, 1.54) is 30.3 Å². The second-order valence-electron chi connectivity index (χ2n) is 6.55. The Morgan fingerprint density at radius 2 is 1.93 bits per heavy atom. The molecule has 0 bridgehead atoms. The molecule has 0 radical (unpaired) electrons. The topological polar surface area (TPSA) is 148 Å². The number of phenols is 1. The fourth-order valence-corrected chi connectivity index (χ4v) is 4.22. The fourth-order valence-electron chi connectivity index (χ4n) is 2.50. The summed E-state index contributed by atoms with van der Waals surface area (Å²) in [6.45, 7) is 1.65. The number of hydrogen-bond acceptors (Lipinski definition) is 6. The molecule has 1 aliphatic carbocycles. The minimum atomic E-state index is -3.90. The molecule has 0 aromatic heterocycles. The second kappa shape index (κ2) is 7.90. The number of halogens is 1. The number of carbonyl (C=O) groups excluding carboxylic acids is 2. The van der Waals surface area contributed by atoms with Gasteiger partial charge < -0.3 is 20.9 Å². The lowest BCUT2D eigenvalue weighted by molar-refractivity contribution is -0.134. The van der Waals surface area contributed by atoms with Crippen molar-refractivity contribution in [3.05, 3.63) is 40.9 Å². The number of aryl methyl sites for hydroxylation is 1. The van der Waals surface area contributed by atoms with Gasteiger partial charge in [0.1, 0.15) is 22.1 Å². The quantitative estimate of drug-likeness (QED) is 0.506. The van der Waals surface area contributed by atoms with Gasteiger partial charge in [0.05, 0.1) is 5.02 Å². The molecule has 1 saturated carbocycles. The van der Waals surface area contributed by atoms with Crippen LogP contribution in [0.15, 0.2) is 35.2 Å². The highest BCUT2D eigenvalue weighted by atomic mass is 35.5. The Bertz CT molecular complexity index is 1080. The van der Waals surface area contributed by atoms with Gasteiger partial charge >= 0.3 is 11.8 Å². The van der Waals surface area contributed by atoms with Crippen molar-refractivity contribution in [3.63, 3.8) is 0 Å². The Labute approximate surface area is 171 Å². The van der Waals surface area contributed by atoms with Crippen molar-refractivity contribution in [3.8, 4) is 17.2 Å². The molecule has 154 valence electrons. The highest BCUT2D eigenvalue weighted by Gasteiger charge is 2.30. The molecular formula is C18H18ClN3O6S. The van der Waals surface area contributed by atoms with Crippen LogP contribution in [-0.2, 0) is 19.6 Å². The molecule has 2 aromatic rings. The van der Waals surface area contributed by atoms with Crippen LogP contribution in [0.3, 0.4) is 0 Å². The zero-order valence-corrected chi connectivity index (χ0v) is 16.8. The number of amides is 2. The summed E-state index contributed by atoms with van der Waals surface area (Å²) in [5.74, 6) is -2.19. The maximum Gasteiger partial charge on any atom is 0.313 e. The molecule has 0 spiro atoms. The minimum Gasteiger partial charge on any atom is -0.507 e. The summed E-state index contributed by atoms with van der Waals surface area (Å²) in [4.78, 5) is 22.0. The zero-order chi connectivity index (χ0) is 21.3. The van der Waals surface area contributed by atoms with Crippen LogP contribution in [0, 0.1) is 6.92 Å². The zero-order valence-electron chi connectivity index (χ0n) is 15.2. The number of primary amides is 1. The van der Waals surface area contributed by atoms with Gasteiger partial charge in [-0.3, -0.25) is 9.59 Å². The van der Waals surface area contributed by atoms with Gasteiger partial charge in [0, 0.05) is 17.8 Å². The van der Waals surface area contributed by atoms with Crippen LogP contribution in [0.5, 0.6) is 17.2 Å². The summed E-state index contributed by atoms with van der Waals surface area (Å²) in [7, 11) is -3.90. The van der Waals surface area contributed by atoms with Crippen LogP contribution >= 0.6 is 11.6 Å². The number of sulfonamides is 1. The van der Waals surface area contributed by atoms with Crippen molar-refractivity contribution in [2.75, 3.05) is 5.32 Å². The van der Waals surface area contributed by atoms with Gasteiger partial charge in [0.15, 0.2) is 0 Å². The third kappa shape index (κ3) is 4.97. The number of benzene rings is 2. The summed E-state index contributed by atoms with van der Waals surface area (Å²) >= 11 is 6.21. The molecule has 0 saturated heterocycles. The Balaban J connectivity index is 1.87. The van der Waals surface area contributed by atoms with Crippen molar-refractivity contribution in [1.29, 1.82) is 0 Å². The molecule has 0 unspecified atom stereocenters. The van der Waals surface area contributed by atoms with Gasteiger partial charge in [-0.2, -0.15) is 0 Å². The van der Waals surface area contributed by atoms with Crippen molar-refractivity contribution in [1.82, 2.24) is 4.72 Å². The van der Waals surface area contributed by atoms with Crippen LogP contribution in [0.25, 0.3) is 0 Å². The Hall–Kier alpha value is -2.82. The third-order valence-corrected chi connectivity index (χ3v) is 5.88. The number of rotatable bonds is 6. The first-order valence-electron chi connectivity index (χ1n) is 8.51. The van der Waals surface area contributed by atoms with E-state index in [0.717, 1.165) is 12.8 Å². The number of nitrogens with one attached hydrogen (secondary N) is 2. The van der Waals surface area contributed by atoms with Gasteiger partial charge in [-0.1, -0.05) is 11.6 Å². The standard InChI is InChI=1S/C18H18ClN3O6S/c1-9-6-11(21-18(25)17(20)24)7-13(19)16(9)28-12-4-5-14(23)15(8-12)29(26,27)22-10-2-3-10/h4-8,10,22-23H,2-3H2,1H3,(H2,20,24)(H,21,25). The number of aromatic hydroxyl groups is 1. The Kier molecular flexibility index (Phi) is 5.69. The lowest BCUT2D eigenvalue weighted by Crippen LogP contribution is -2.29. The molecular weight excluding hydrogens is 422 g/mol. The van der Waals surface area contributed by atoms with E-state index in [0.29, 0.717) is 5.56 Å². The van der Waals surface area contributed by atoms with Crippen LogP contribution in [0.4, 0.5) is 5.69 Å². The highest BCUT2D eigenvalue weighted by molar-refractivity contribution is 7.89. The smallest absolute Gasteiger partial charge is 0.313 e. The van der Waals surface area contributed by atoms with Gasteiger partial charge in [0.25, 0.3) is 0 Å². The molecule has 0 heterocycles. The van der Waals surface area contributed by atoms with E-state index >= 15 is 0 Å². The van der Waals surface area contributed by atoms with E-state index in [-0.39, 0.29) is 33.1 Å². The molecule has 9 nitrogen and oxygen atoms in total. The van der Waals surface area contributed by atoms with E-state index in [1.54, 1.807) is 6.92 Å². The molecule has 3 rings (SSSR count). The molecule has 0 aliphatic heterocycles. The molecule has 2 aromatic carbocycles. The minimum absolute atomic E-state index is 0.110. The summed E-state index contributed by atoms with van der Waals surface area (Å²) in [6.07, 6.45) is 1.51. The van der Waals surface area contributed by atoms with Crippen molar-refractivity contribution >= 4 is 39.1 Å². The van der Waals surface area contributed by atoms with Crippen LogP contribution in [0.1, 0.15) is 18.4 Å². The number of nitrogens with two attached hydrogens (primary N) is 1. The largest absolute Gasteiger partial charge is 0.507 e. The van der Waals surface area contributed by atoms with Crippen LogP contribution in [0.2, 0.25) is 5.02 Å². The average Bonchev–Trinajstić information content (AvgIpc) is 3.42. The van der Waals surface area contributed by atoms with E-state index in [9.17, 15) is 23.1 Å². The average molecular weight is 440 g/mol. The van der Waals surface area contributed by atoms with E-state index < -0.39 is 27.6 Å². The SMILES string of the molecule is Cc1cc(NC(=O)C(N)=O)cc(Cl)c1Oc1ccc(O)c(S(=O)(=O)NC2CC2)c1. The van der Waals surface area contributed by atoms with Crippen LogP contribution < -0.4 is 20.5 Å². The molecule has 29 heavy (non-hydrogen) atoms. The van der Waals surface area contributed by atoms with Crippen molar-refractivity contribution in [2.24, 2.45) is 5.73 Å². The predicted molar refractivity (Wildman–Crippen MR) is 106 cm³/mol. The molecule has 0 atom stereocenters. The summed E-state index contributed by atoms with van der Waals surface area (Å²) in [6, 6.07) is 6.54. The van der Waals surface area contributed by atoms with E-state index in [1.807, 2.05) is 0 Å². The monoisotopic (exact) mass is 439 g/mol. The van der Waals surface area contributed by atoms with Gasteiger partial charge in [-0.05, 0) is 49.6 Å². The first kappa shape index (κ1) is 20.9. The Morgan fingerprint density at radius 1 is 1.24 bits per heavy atom. The van der Waals surface area contributed by atoms with Crippen molar-refractivity contribution in [2.45, 2.75) is 30.7 Å². The number of anilines is 1. The number of hydrogen-bond donors (Lipinski definition) is 4. The Morgan fingerprint density at radius 3 is 2.52 bits per heavy atom. The van der Waals surface area contributed by atoms with E-state index in [2.05, 4.69) is 10.0 Å². The number of carbonyl (C=O) groups is 2. The van der Waals surface area contributed by atoms with E-state index in [4.69, 9.17) is 22.1 Å².